The van der Waals surface area contributed by atoms with E-state index in [0.29, 0.717) is 44.1 Å². The van der Waals surface area contributed by atoms with E-state index in [4.69, 9.17) is 4.74 Å². The summed E-state index contributed by atoms with van der Waals surface area (Å²) in [5.74, 6) is -0.380. The minimum absolute atomic E-state index is 0.0442. The summed E-state index contributed by atoms with van der Waals surface area (Å²) in [6, 6.07) is 11.4. The van der Waals surface area contributed by atoms with Gasteiger partial charge < -0.3 is 20.3 Å². The molecule has 2 N–H and O–H groups in total. The molecule has 2 aliphatic rings. The molecule has 4 rings (SSSR count). The lowest BCUT2D eigenvalue weighted by Crippen LogP contribution is -2.38. The summed E-state index contributed by atoms with van der Waals surface area (Å²) < 4.78 is 18.5. The number of benzene rings is 2. The maximum Gasteiger partial charge on any atom is 0.253 e. The number of nitrogens with one attached hydrogen (secondary N) is 2. The highest BCUT2D eigenvalue weighted by Crippen LogP contribution is 2.30. The molecule has 0 radical (unpaired) electrons. The Bertz CT molecular complexity index is 906. The van der Waals surface area contributed by atoms with Gasteiger partial charge in [-0.3, -0.25) is 9.59 Å². The highest BCUT2D eigenvalue weighted by molar-refractivity contribution is 6.01. The molecule has 2 amide bonds. The van der Waals surface area contributed by atoms with E-state index in [9.17, 15) is 14.0 Å². The number of carbonyl (C=O) groups excluding carboxylic acids is 2. The number of carbonyl (C=O) groups is 2. The van der Waals surface area contributed by atoms with Crippen LogP contribution in [0.3, 0.4) is 0 Å². The number of hydrogen-bond donors (Lipinski definition) is 2. The van der Waals surface area contributed by atoms with Crippen molar-refractivity contribution >= 4 is 23.2 Å². The number of hydrogen-bond acceptors (Lipinski definition) is 4. The molecule has 2 aromatic carbocycles. The molecule has 30 heavy (non-hydrogen) atoms. The third kappa shape index (κ3) is 4.79. The first-order valence-electron chi connectivity index (χ1n) is 10.4. The molecule has 2 fully saturated rings. The quantitative estimate of drug-likeness (QED) is 0.765. The second-order valence-electron chi connectivity index (χ2n) is 7.76. The first kappa shape index (κ1) is 20.3. The van der Waals surface area contributed by atoms with Gasteiger partial charge >= 0.3 is 0 Å². The van der Waals surface area contributed by atoms with Gasteiger partial charge in [0.1, 0.15) is 5.82 Å². The topological polar surface area (TPSA) is 70.7 Å². The fraction of sp³-hybridized carbons (Fsp3) is 0.391. The molecular formula is C23H26FN3O3. The van der Waals surface area contributed by atoms with E-state index in [0.717, 1.165) is 30.5 Å². The lowest BCUT2D eigenvalue weighted by Gasteiger charge is -2.31. The third-order valence-electron chi connectivity index (χ3n) is 5.70. The Hall–Kier alpha value is -2.93. The second kappa shape index (κ2) is 9.26. The van der Waals surface area contributed by atoms with Crippen molar-refractivity contribution in [3.8, 4) is 0 Å². The van der Waals surface area contributed by atoms with Crippen LogP contribution in [-0.4, -0.2) is 38.1 Å². The van der Waals surface area contributed by atoms with Crippen molar-refractivity contribution in [2.24, 2.45) is 5.92 Å². The zero-order chi connectivity index (χ0) is 20.9. The highest BCUT2D eigenvalue weighted by atomic mass is 19.1. The summed E-state index contributed by atoms with van der Waals surface area (Å²) in [4.78, 5) is 27.4. The standard InChI is InChI=1S/C23H26FN3O3/c24-18-6-4-16(5-7-18)15-25-23(29)20-9-8-19(26-22(28)17-2-1-3-17)14-21(20)27-10-12-30-13-11-27/h4-9,14,17H,1-3,10-13,15H2,(H,25,29)(H,26,28). The Morgan fingerprint density at radius 1 is 1.07 bits per heavy atom. The molecule has 7 heteroatoms. The number of morpholine rings is 1. The van der Waals surface area contributed by atoms with Gasteiger partial charge in [-0.25, -0.2) is 4.39 Å². The Kier molecular flexibility index (Phi) is 6.28. The van der Waals surface area contributed by atoms with E-state index < -0.39 is 0 Å². The van der Waals surface area contributed by atoms with Crippen LogP contribution in [0.25, 0.3) is 0 Å². The van der Waals surface area contributed by atoms with E-state index in [1.54, 1.807) is 24.3 Å². The van der Waals surface area contributed by atoms with Crippen LogP contribution in [0.15, 0.2) is 42.5 Å². The van der Waals surface area contributed by atoms with Crippen LogP contribution in [-0.2, 0) is 16.1 Å². The molecule has 0 unspecified atom stereocenters. The summed E-state index contributed by atoms with van der Waals surface area (Å²) in [6.45, 7) is 2.85. The lowest BCUT2D eigenvalue weighted by atomic mass is 9.85. The Morgan fingerprint density at radius 2 is 1.80 bits per heavy atom. The molecule has 1 aliphatic heterocycles. The molecule has 0 aromatic heterocycles. The number of amides is 2. The monoisotopic (exact) mass is 411 g/mol. The van der Waals surface area contributed by atoms with Crippen molar-refractivity contribution in [1.29, 1.82) is 0 Å². The number of halogens is 1. The van der Waals surface area contributed by atoms with Crippen LogP contribution in [0.1, 0.15) is 35.2 Å². The van der Waals surface area contributed by atoms with Gasteiger partial charge in [0.05, 0.1) is 24.5 Å². The fourth-order valence-corrected chi connectivity index (χ4v) is 3.66. The van der Waals surface area contributed by atoms with Gasteiger partial charge in [-0.15, -0.1) is 0 Å². The molecule has 0 spiro atoms. The van der Waals surface area contributed by atoms with Gasteiger partial charge in [0.2, 0.25) is 5.91 Å². The average Bonchev–Trinajstić information content (AvgIpc) is 2.72. The van der Waals surface area contributed by atoms with Crippen LogP contribution in [0.2, 0.25) is 0 Å². The van der Waals surface area contributed by atoms with Crippen LogP contribution in [0.4, 0.5) is 15.8 Å². The first-order chi connectivity index (χ1) is 14.6. The summed E-state index contributed by atoms with van der Waals surface area (Å²) in [5.41, 5.74) is 2.84. The summed E-state index contributed by atoms with van der Waals surface area (Å²) >= 11 is 0. The minimum atomic E-state index is -0.306. The number of rotatable bonds is 6. The van der Waals surface area contributed by atoms with Crippen molar-refractivity contribution in [2.75, 3.05) is 36.5 Å². The highest BCUT2D eigenvalue weighted by Gasteiger charge is 2.26. The molecule has 2 aromatic rings. The van der Waals surface area contributed by atoms with Crippen molar-refractivity contribution in [3.63, 3.8) is 0 Å². The number of nitrogens with zero attached hydrogens (tertiary/aromatic N) is 1. The zero-order valence-corrected chi connectivity index (χ0v) is 16.8. The smallest absolute Gasteiger partial charge is 0.253 e. The van der Waals surface area contributed by atoms with Gasteiger partial charge in [0.15, 0.2) is 0 Å². The number of anilines is 2. The van der Waals surface area contributed by atoms with Crippen molar-refractivity contribution in [2.45, 2.75) is 25.8 Å². The molecule has 1 saturated heterocycles. The van der Waals surface area contributed by atoms with E-state index in [-0.39, 0.29) is 23.5 Å². The average molecular weight is 411 g/mol. The molecule has 6 nitrogen and oxygen atoms in total. The van der Waals surface area contributed by atoms with Crippen LogP contribution < -0.4 is 15.5 Å². The van der Waals surface area contributed by atoms with E-state index in [2.05, 4.69) is 15.5 Å². The maximum absolute atomic E-state index is 13.1. The molecule has 158 valence electrons. The van der Waals surface area contributed by atoms with Crippen LogP contribution in [0.5, 0.6) is 0 Å². The fourth-order valence-electron chi connectivity index (χ4n) is 3.66. The van der Waals surface area contributed by atoms with Gasteiger partial charge in [-0.05, 0) is 48.7 Å². The first-order valence-corrected chi connectivity index (χ1v) is 10.4. The summed E-state index contributed by atoms with van der Waals surface area (Å²) in [7, 11) is 0. The van der Waals surface area contributed by atoms with Gasteiger partial charge in [0.25, 0.3) is 5.91 Å². The van der Waals surface area contributed by atoms with Gasteiger partial charge in [-0.2, -0.15) is 0 Å². The molecule has 1 heterocycles. The van der Waals surface area contributed by atoms with Gasteiger partial charge in [-0.1, -0.05) is 18.6 Å². The Labute approximate surface area is 175 Å². The lowest BCUT2D eigenvalue weighted by molar-refractivity contribution is -0.122. The SMILES string of the molecule is O=C(NCc1ccc(F)cc1)c1ccc(NC(=O)C2CCC2)cc1N1CCOCC1. The summed E-state index contributed by atoms with van der Waals surface area (Å²) in [6.07, 6.45) is 2.97. The van der Waals surface area contributed by atoms with Gasteiger partial charge in [0, 0.05) is 31.2 Å². The molecule has 1 aliphatic carbocycles. The van der Waals surface area contributed by atoms with E-state index in [1.165, 1.54) is 12.1 Å². The molecular weight excluding hydrogens is 385 g/mol. The van der Waals surface area contributed by atoms with Crippen LogP contribution >= 0.6 is 0 Å². The molecule has 1 saturated carbocycles. The minimum Gasteiger partial charge on any atom is -0.378 e. The van der Waals surface area contributed by atoms with Crippen molar-refractivity contribution in [3.05, 3.63) is 59.4 Å². The molecule has 0 atom stereocenters. The summed E-state index contributed by atoms with van der Waals surface area (Å²) in [5, 5.41) is 5.89. The van der Waals surface area contributed by atoms with E-state index in [1.807, 2.05) is 6.07 Å². The predicted octanol–water partition coefficient (Wildman–Crippen LogP) is 3.33. The predicted molar refractivity (Wildman–Crippen MR) is 113 cm³/mol. The Morgan fingerprint density at radius 3 is 2.47 bits per heavy atom. The number of ether oxygens (including phenoxy) is 1. The largest absolute Gasteiger partial charge is 0.378 e. The van der Waals surface area contributed by atoms with Crippen molar-refractivity contribution in [1.82, 2.24) is 5.32 Å². The zero-order valence-electron chi connectivity index (χ0n) is 16.8. The maximum atomic E-state index is 13.1. The second-order valence-corrected chi connectivity index (χ2v) is 7.76. The third-order valence-corrected chi connectivity index (χ3v) is 5.70. The van der Waals surface area contributed by atoms with Crippen molar-refractivity contribution < 1.29 is 18.7 Å². The normalized spacial score (nSPS) is 16.6. The molecule has 0 bridgehead atoms. The Balaban J connectivity index is 1.51. The van der Waals surface area contributed by atoms with E-state index >= 15 is 0 Å². The van der Waals surface area contributed by atoms with Crippen LogP contribution in [0, 0.1) is 11.7 Å².